The number of nitrogens with zero attached hydrogens (tertiary/aromatic N) is 2. The molecule has 4 heteroatoms. The quantitative estimate of drug-likeness (QED) is 0.422. The Kier molecular flexibility index (Phi) is 8.08. The maximum Gasteiger partial charge on any atom is 0.226 e. The Labute approximate surface area is 217 Å². The Bertz CT molecular complexity index is 1050. The number of Topliss-reactive ketones (excluding diaryl/α,β-unsaturated/α-hetero) is 1. The first kappa shape index (κ1) is 25.4. The van der Waals surface area contributed by atoms with Crippen LogP contribution in [0.3, 0.4) is 0 Å². The van der Waals surface area contributed by atoms with Crippen molar-refractivity contribution in [2.45, 2.75) is 96.9 Å². The average molecular weight is 489 g/mol. The number of likely N-dealkylation sites (tertiary alicyclic amines) is 1. The molecule has 1 saturated heterocycles. The number of hydrogen-bond acceptors (Lipinski definition) is 3. The molecule has 3 aliphatic rings. The highest BCUT2D eigenvalue weighted by atomic mass is 16.2. The number of carbonyl (C=O) groups excluding carboxylic acids is 2. The first-order valence-corrected chi connectivity index (χ1v) is 14.7. The summed E-state index contributed by atoms with van der Waals surface area (Å²) < 4.78 is 0. The number of benzene rings is 1. The first-order valence-electron chi connectivity index (χ1n) is 14.7. The molecule has 5 rings (SSSR count). The molecule has 4 nitrogen and oxygen atoms in total. The zero-order valence-electron chi connectivity index (χ0n) is 22.3. The summed E-state index contributed by atoms with van der Waals surface area (Å²) in [4.78, 5) is 34.3. The lowest BCUT2D eigenvalue weighted by atomic mass is 9.74. The Hall–Kier alpha value is -2.23. The predicted octanol–water partition coefficient (Wildman–Crippen LogP) is 7.00. The molecule has 3 fully saturated rings. The van der Waals surface area contributed by atoms with Gasteiger partial charge in [-0.25, -0.2) is 0 Å². The third-order valence-corrected chi connectivity index (χ3v) is 9.93. The van der Waals surface area contributed by atoms with Gasteiger partial charge in [0.1, 0.15) is 0 Å². The van der Waals surface area contributed by atoms with Crippen LogP contribution in [0.4, 0.5) is 0 Å². The number of amides is 1. The lowest BCUT2D eigenvalue weighted by Crippen LogP contribution is -2.48. The normalized spacial score (nSPS) is 28.3. The van der Waals surface area contributed by atoms with Gasteiger partial charge in [-0.3, -0.25) is 14.6 Å². The Morgan fingerprint density at radius 3 is 2.53 bits per heavy atom. The van der Waals surface area contributed by atoms with Crippen molar-refractivity contribution in [3.05, 3.63) is 42.1 Å². The maximum absolute atomic E-state index is 14.0. The summed E-state index contributed by atoms with van der Waals surface area (Å²) in [6.45, 7) is 5.41. The van der Waals surface area contributed by atoms with Gasteiger partial charge >= 0.3 is 0 Å². The standard InChI is InChI=1S/C32H44N2O2/c1-3-22(2)24-12-14-26(15-13-24)32(36)34-19-17-28(25-8-5-4-6-9-25)31(34)30(35)21-23-11-16-29-27(20-23)10-7-18-33-29/h7,10-11,16,18,20,22,24-26,28,31H,3-6,8-9,12-15,17,19,21H2,1-2H3/t22?,24?,26?,28-,31-/m0/s1. The number of hydrogen-bond donors (Lipinski definition) is 0. The average Bonchev–Trinajstić information content (AvgIpc) is 3.38. The summed E-state index contributed by atoms with van der Waals surface area (Å²) in [5.74, 6) is 3.05. The number of ketones is 1. The van der Waals surface area contributed by atoms with E-state index in [2.05, 4.69) is 35.9 Å². The van der Waals surface area contributed by atoms with Gasteiger partial charge in [0.2, 0.25) is 5.91 Å². The number of rotatable bonds is 7. The summed E-state index contributed by atoms with van der Waals surface area (Å²) in [5, 5.41) is 1.07. The fourth-order valence-electron chi connectivity index (χ4n) is 7.58. The number of pyridine rings is 1. The zero-order valence-corrected chi connectivity index (χ0v) is 22.3. The molecule has 36 heavy (non-hydrogen) atoms. The summed E-state index contributed by atoms with van der Waals surface area (Å²) in [6.07, 6.45) is 15.0. The molecule has 1 unspecified atom stereocenters. The van der Waals surface area contributed by atoms with Crippen LogP contribution in [0.5, 0.6) is 0 Å². The van der Waals surface area contributed by atoms with Crippen molar-refractivity contribution in [1.82, 2.24) is 9.88 Å². The lowest BCUT2D eigenvalue weighted by molar-refractivity contribution is -0.143. The fraction of sp³-hybridized carbons (Fsp3) is 0.656. The van der Waals surface area contributed by atoms with Crippen LogP contribution in [0, 0.1) is 29.6 Å². The van der Waals surface area contributed by atoms with Gasteiger partial charge in [-0.1, -0.05) is 64.5 Å². The number of aromatic nitrogens is 1. The lowest BCUT2D eigenvalue weighted by Gasteiger charge is -2.37. The second-order valence-electron chi connectivity index (χ2n) is 12.0. The van der Waals surface area contributed by atoms with Crippen molar-refractivity contribution in [3.63, 3.8) is 0 Å². The van der Waals surface area contributed by atoms with Crippen molar-refractivity contribution < 1.29 is 9.59 Å². The molecule has 0 N–H and O–H groups in total. The van der Waals surface area contributed by atoms with Gasteiger partial charge in [-0.05, 0) is 79.5 Å². The highest BCUT2D eigenvalue weighted by Gasteiger charge is 2.46. The van der Waals surface area contributed by atoms with Crippen LogP contribution < -0.4 is 0 Å². The maximum atomic E-state index is 14.0. The molecule has 2 heterocycles. The van der Waals surface area contributed by atoms with Crippen molar-refractivity contribution in [2.24, 2.45) is 29.6 Å². The molecule has 2 aromatic rings. The van der Waals surface area contributed by atoms with E-state index >= 15 is 0 Å². The molecule has 0 radical (unpaired) electrons. The summed E-state index contributed by atoms with van der Waals surface area (Å²) >= 11 is 0. The minimum absolute atomic E-state index is 0.109. The summed E-state index contributed by atoms with van der Waals surface area (Å²) in [6, 6.07) is 9.93. The molecule has 1 amide bonds. The molecule has 3 atom stereocenters. The van der Waals surface area contributed by atoms with Crippen molar-refractivity contribution in [3.8, 4) is 0 Å². The SMILES string of the molecule is CCC(C)C1CCC(C(=O)N2CC[C@@H](C3CCCCC3)[C@H]2C(=O)Cc2ccc3ncccc3c2)CC1. The van der Waals surface area contributed by atoms with Crippen molar-refractivity contribution >= 4 is 22.6 Å². The van der Waals surface area contributed by atoms with Crippen LogP contribution in [0.25, 0.3) is 10.9 Å². The van der Waals surface area contributed by atoms with Crippen molar-refractivity contribution in [2.75, 3.05) is 6.54 Å². The third kappa shape index (κ3) is 5.38. The first-order chi connectivity index (χ1) is 17.5. The van der Waals surface area contributed by atoms with Crippen molar-refractivity contribution in [1.29, 1.82) is 0 Å². The predicted molar refractivity (Wildman–Crippen MR) is 146 cm³/mol. The van der Waals surface area contributed by atoms with E-state index < -0.39 is 0 Å². The summed E-state index contributed by atoms with van der Waals surface area (Å²) in [7, 11) is 0. The molecular formula is C32H44N2O2. The number of carbonyl (C=O) groups is 2. The molecule has 2 aliphatic carbocycles. The fourth-order valence-corrected chi connectivity index (χ4v) is 7.58. The van der Waals surface area contributed by atoms with Gasteiger partial charge in [-0.2, -0.15) is 0 Å². The molecular weight excluding hydrogens is 444 g/mol. The van der Waals surface area contributed by atoms with E-state index in [1.54, 1.807) is 6.20 Å². The minimum atomic E-state index is -0.238. The van der Waals surface area contributed by atoms with E-state index in [9.17, 15) is 9.59 Å². The molecule has 1 aromatic heterocycles. The summed E-state index contributed by atoms with van der Waals surface area (Å²) in [5.41, 5.74) is 2.00. The molecule has 1 aromatic carbocycles. The van der Waals surface area contributed by atoms with Gasteiger partial charge in [0.15, 0.2) is 5.78 Å². The van der Waals surface area contributed by atoms with E-state index in [4.69, 9.17) is 0 Å². The Balaban J connectivity index is 1.33. The van der Waals surface area contributed by atoms with Crippen LogP contribution in [0.2, 0.25) is 0 Å². The van der Waals surface area contributed by atoms with E-state index in [0.29, 0.717) is 18.3 Å². The van der Waals surface area contributed by atoms with Gasteiger partial charge in [0.25, 0.3) is 0 Å². The third-order valence-electron chi connectivity index (χ3n) is 9.93. The van der Waals surface area contributed by atoms with E-state index in [1.807, 2.05) is 18.2 Å². The minimum Gasteiger partial charge on any atom is -0.332 e. The van der Waals surface area contributed by atoms with Gasteiger partial charge in [0, 0.05) is 30.5 Å². The topological polar surface area (TPSA) is 50.3 Å². The van der Waals surface area contributed by atoms with Crippen LogP contribution >= 0.6 is 0 Å². The van der Waals surface area contributed by atoms with E-state index in [-0.39, 0.29) is 23.7 Å². The van der Waals surface area contributed by atoms with Gasteiger partial charge in [0.05, 0.1) is 11.6 Å². The Morgan fingerprint density at radius 1 is 1.00 bits per heavy atom. The second kappa shape index (κ2) is 11.4. The largest absolute Gasteiger partial charge is 0.332 e. The highest BCUT2D eigenvalue weighted by molar-refractivity contribution is 5.92. The van der Waals surface area contributed by atoms with Crippen LogP contribution in [0.1, 0.15) is 90.0 Å². The highest BCUT2D eigenvalue weighted by Crippen LogP contribution is 2.42. The van der Waals surface area contributed by atoms with E-state index in [0.717, 1.165) is 67.0 Å². The van der Waals surface area contributed by atoms with E-state index in [1.165, 1.54) is 38.5 Å². The Morgan fingerprint density at radius 2 is 1.78 bits per heavy atom. The smallest absolute Gasteiger partial charge is 0.226 e. The van der Waals surface area contributed by atoms with Crippen LogP contribution in [0.15, 0.2) is 36.5 Å². The van der Waals surface area contributed by atoms with Crippen LogP contribution in [-0.4, -0.2) is 34.2 Å². The molecule has 2 saturated carbocycles. The second-order valence-corrected chi connectivity index (χ2v) is 12.0. The molecule has 0 bridgehead atoms. The van der Waals surface area contributed by atoms with Gasteiger partial charge < -0.3 is 4.90 Å². The van der Waals surface area contributed by atoms with Crippen LogP contribution in [-0.2, 0) is 16.0 Å². The monoisotopic (exact) mass is 488 g/mol. The van der Waals surface area contributed by atoms with Gasteiger partial charge in [-0.15, -0.1) is 0 Å². The molecule has 0 spiro atoms. The number of fused-ring (bicyclic) bond motifs is 1. The molecule has 194 valence electrons. The molecule has 1 aliphatic heterocycles. The zero-order chi connectivity index (χ0) is 25.1.